The minimum Gasteiger partial charge on any atom is -0.481 e. The van der Waals surface area contributed by atoms with E-state index in [4.69, 9.17) is 4.42 Å². The first kappa shape index (κ1) is 17.7. The monoisotopic (exact) mass is 392 g/mol. The average Bonchev–Trinajstić information content (AvgIpc) is 3.40. The Balaban J connectivity index is 1.34. The van der Waals surface area contributed by atoms with Crippen LogP contribution in [-0.2, 0) is 4.79 Å². The molecule has 1 aromatic carbocycles. The molecule has 148 valence electrons. The summed E-state index contributed by atoms with van der Waals surface area (Å²) in [6.07, 6.45) is 4.08. The SMILES string of the molecule is O=C(Nc1ccc2nc(-c3ccccn3)oc2c1)N1C[C@@H]2CCC[C@@]2(C(=O)O)C1. The van der Waals surface area contributed by atoms with E-state index in [0.29, 0.717) is 41.3 Å². The fourth-order valence-corrected chi connectivity index (χ4v) is 4.60. The lowest BCUT2D eigenvalue weighted by Crippen LogP contribution is -2.38. The van der Waals surface area contributed by atoms with Gasteiger partial charge in [-0.25, -0.2) is 9.78 Å². The molecule has 1 aliphatic heterocycles. The number of likely N-dealkylation sites (tertiary alicyclic amines) is 1. The first-order chi connectivity index (χ1) is 14.0. The highest BCUT2D eigenvalue weighted by atomic mass is 16.4. The molecular formula is C21H20N4O4. The zero-order chi connectivity index (χ0) is 20.0. The molecule has 8 heteroatoms. The summed E-state index contributed by atoms with van der Waals surface area (Å²) in [4.78, 5) is 34.8. The lowest BCUT2D eigenvalue weighted by atomic mass is 9.81. The number of aliphatic carboxylic acids is 1. The summed E-state index contributed by atoms with van der Waals surface area (Å²) in [6, 6.07) is 10.5. The Bertz CT molecular complexity index is 1100. The van der Waals surface area contributed by atoms with Gasteiger partial charge in [0.05, 0.1) is 5.41 Å². The van der Waals surface area contributed by atoms with E-state index in [1.54, 1.807) is 29.3 Å². The number of hydrogen-bond donors (Lipinski definition) is 2. The van der Waals surface area contributed by atoms with Gasteiger partial charge in [-0.05, 0) is 43.0 Å². The minimum atomic E-state index is -0.791. The number of urea groups is 1. The first-order valence-corrected chi connectivity index (χ1v) is 9.66. The maximum absolute atomic E-state index is 12.7. The maximum Gasteiger partial charge on any atom is 0.321 e. The summed E-state index contributed by atoms with van der Waals surface area (Å²) in [5.74, 6) is -0.344. The number of fused-ring (bicyclic) bond motifs is 2. The summed E-state index contributed by atoms with van der Waals surface area (Å²) in [5.41, 5.74) is 1.64. The number of carboxylic acids is 1. The second kappa shape index (κ2) is 6.58. The number of carbonyl (C=O) groups is 2. The van der Waals surface area contributed by atoms with Crippen LogP contribution >= 0.6 is 0 Å². The van der Waals surface area contributed by atoms with Crippen LogP contribution in [0.25, 0.3) is 22.7 Å². The van der Waals surface area contributed by atoms with Crippen LogP contribution in [0.1, 0.15) is 19.3 Å². The molecule has 5 rings (SSSR count). The van der Waals surface area contributed by atoms with Crippen molar-refractivity contribution in [3.63, 3.8) is 0 Å². The molecule has 1 saturated heterocycles. The number of nitrogens with one attached hydrogen (secondary N) is 1. The zero-order valence-corrected chi connectivity index (χ0v) is 15.7. The van der Waals surface area contributed by atoms with Gasteiger partial charge in [0.25, 0.3) is 0 Å². The van der Waals surface area contributed by atoms with Gasteiger partial charge in [0, 0.05) is 31.0 Å². The van der Waals surface area contributed by atoms with Gasteiger partial charge in [0.2, 0.25) is 5.89 Å². The number of rotatable bonds is 3. The van der Waals surface area contributed by atoms with Gasteiger partial charge < -0.3 is 19.7 Å². The molecule has 8 nitrogen and oxygen atoms in total. The molecule has 2 aliphatic rings. The Kier molecular flexibility index (Phi) is 4.01. The molecule has 3 aromatic rings. The highest BCUT2D eigenvalue weighted by molar-refractivity contribution is 5.92. The second-order valence-corrected chi connectivity index (χ2v) is 7.78. The fraction of sp³-hybridized carbons (Fsp3) is 0.333. The quantitative estimate of drug-likeness (QED) is 0.705. The fourth-order valence-electron chi connectivity index (χ4n) is 4.60. The number of carboxylic acid groups (broad SMARTS) is 1. The molecule has 29 heavy (non-hydrogen) atoms. The number of anilines is 1. The molecule has 3 heterocycles. The number of amides is 2. The molecule has 2 amide bonds. The number of aromatic nitrogens is 2. The van der Waals surface area contributed by atoms with Crippen molar-refractivity contribution >= 4 is 28.8 Å². The Morgan fingerprint density at radius 3 is 2.93 bits per heavy atom. The highest BCUT2D eigenvalue weighted by Crippen LogP contribution is 2.49. The largest absolute Gasteiger partial charge is 0.481 e. The van der Waals surface area contributed by atoms with Crippen molar-refractivity contribution in [3.8, 4) is 11.6 Å². The van der Waals surface area contributed by atoms with Crippen molar-refractivity contribution in [1.29, 1.82) is 0 Å². The van der Waals surface area contributed by atoms with Crippen molar-refractivity contribution < 1.29 is 19.1 Å². The molecule has 2 aromatic heterocycles. The molecule has 2 atom stereocenters. The maximum atomic E-state index is 12.7. The van der Waals surface area contributed by atoms with Crippen LogP contribution in [0.3, 0.4) is 0 Å². The third-order valence-electron chi connectivity index (χ3n) is 6.11. The minimum absolute atomic E-state index is 0.0310. The van der Waals surface area contributed by atoms with Gasteiger partial charge in [-0.2, -0.15) is 0 Å². The Morgan fingerprint density at radius 1 is 1.28 bits per heavy atom. The van der Waals surface area contributed by atoms with E-state index in [1.165, 1.54) is 0 Å². The first-order valence-electron chi connectivity index (χ1n) is 9.66. The molecule has 0 spiro atoms. The highest BCUT2D eigenvalue weighted by Gasteiger charge is 2.55. The van der Waals surface area contributed by atoms with Crippen molar-refractivity contribution in [2.24, 2.45) is 11.3 Å². The van der Waals surface area contributed by atoms with E-state index in [9.17, 15) is 14.7 Å². The van der Waals surface area contributed by atoms with Crippen LogP contribution in [0, 0.1) is 11.3 Å². The lowest BCUT2D eigenvalue weighted by molar-refractivity contribution is -0.149. The normalized spacial score (nSPS) is 23.3. The van der Waals surface area contributed by atoms with Crippen LogP contribution < -0.4 is 5.32 Å². The summed E-state index contributed by atoms with van der Waals surface area (Å²) in [6.45, 7) is 0.736. The van der Waals surface area contributed by atoms with Gasteiger partial charge in [-0.15, -0.1) is 0 Å². The summed E-state index contributed by atoms with van der Waals surface area (Å²) < 4.78 is 5.79. The van der Waals surface area contributed by atoms with Gasteiger partial charge in [-0.1, -0.05) is 12.5 Å². The average molecular weight is 392 g/mol. The lowest BCUT2D eigenvalue weighted by Gasteiger charge is -2.23. The number of nitrogens with zero attached hydrogens (tertiary/aromatic N) is 3. The third-order valence-corrected chi connectivity index (χ3v) is 6.11. The summed E-state index contributed by atoms with van der Waals surface area (Å²) >= 11 is 0. The Hall–Kier alpha value is -3.42. The molecule has 1 saturated carbocycles. The van der Waals surface area contributed by atoms with Crippen LogP contribution in [0.4, 0.5) is 10.5 Å². The molecular weight excluding hydrogens is 372 g/mol. The van der Waals surface area contributed by atoms with E-state index in [-0.39, 0.29) is 18.5 Å². The van der Waals surface area contributed by atoms with Gasteiger partial charge in [0.1, 0.15) is 11.2 Å². The van der Waals surface area contributed by atoms with E-state index in [1.807, 2.05) is 18.2 Å². The number of hydrogen-bond acceptors (Lipinski definition) is 5. The standard InChI is InChI=1S/C21H20N4O4/c26-19(27)21-8-3-4-13(21)11-25(12-21)20(28)23-14-6-7-15-17(10-14)29-18(24-15)16-5-1-2-9-22-16/h1-2,5-7,9-10,13H,3-4,8,11-12H2,(H,23,28)(H,26,27)/t13-,21+/m0/s1. The number of carbonyl (C=O) groups excluding carboxylic acids is 1. The van der Waals surface area contributed by atoms with Crippen molar-refractivity contribution in [3.05, 3.63) is 42.6 Å². The van der Waals surface area contributed by atoms with Crippen molar-refractivity contribution in [1.82, 2.24) is 14.9 Å². The van der Waals surface area contributed by atoms with Gasteiger partial charge >= 0.3 is 12.0 Å². The molecule has 2 fully saturated rings. The third kappa shape index (κ3) is 2.91. The van der Waals surface area contributed by atoms with Gasteiger partial charge in [-0.3, -0.25) is 9.78 Å². The Labute approximate surface area is 166 Å². The molecule has 0 unspecified atom stereocenters. The predicted octanol–water partition coefficient (Wildman–Crippen LogP) is 3.61. The smallest absolute Gasteiger partial charge is 0.321 e. The Morgan fingerprint density at radius 2 is 2.17 bits per heavy atom. The van der Waals surface area contributed by atoms with Crippen molar-refractivity contribution in [2.45, 2.75) is 19.3 Å². The molecule has 2 N–H and O–H groups in total. The summed E-state index contributed by atoms with van der Waals surface area (Å²) in [7, 11) is 0. The van der Waals surface area contributed by atoms with Crippen LogP contribution in [-0.4, -0.2) is 45.1 Å². The van der Waals surface area contributed by atoms with E-state index in [2.05, 4.69) is 15.3 Å². The van der Waals surface area contributed by atoms with Crippen molar-refractivity contribution in [2.75, 3.05) is 18.4 Å². The van der Waals surface area contributed by atoms with E-state index < -0.39 is 11.4 Å². The predicted molar refractivity (Wildman–Crippen MR) is 105 cm³/mol. The molecule has 1 aliphatic carbocycles. The number of oxazole rings is 1. The van der Waals surface area contributed by atoms with E-state index >= 15 is 0 Å². The molecule has 0 radical (unpaired) electrons. The van der Waals surface area contributed by atoms with Gasteiger partial charge in [0.15, 0.2) is 5.58 Å². The van der Waals surface area contributed by atoms with E-state index in [0.717, 1.165) is 12.8 Å². The van der Waals surface area contributed by atoms with Crippen LogP contribution in [0.5, 0.6) is 0 Å². The summed E-state index contributed by atoms with van der Waals surface area (Å²) in [5, 5.41) is 12.6. The van der Waals surface area contributed by atoms with Crippen LogP contribution in [0.15, 0.2) is 47.0 Å². The molecule has 0 bridgehead atoms. The second-order valence-electron chi connectivity index (χ2n) is 7.78. The number of benzene rings is 1. The number of pyridine rings is 1. The van der Waals surface area contributed by atoms with Crippen LogP contribution in [0.2, 0.25) is 0 Å². The zero-order valence-electron chi connectivity index (χ0n) is 15.7. The topological polar surface area (TPSA) is 109 Å².